The standard InChI is InChI=1S/C13H18NO/c1-10-4-5-12-7-11(8-13(12)6-10)9-14(2,3)15/h4-7,15H,8-9H2,1-3H3/q+1. The fourth-order valence-corrected chi connectivity index (χ4v) is 2.14. The maximum atomic E-state index is 9.71. The summed E-state index contributed by atoms with van der Waals surface area (Å²) in [5.41, 5.74) is 5.31. The Balaban J connectivity index is 2.19. The van der Waals surface area contributed by atoms with Crippen LogP contribution in [0.2, 0.25) is 0 Å². The summed E-state index contributed by atoms with van der Waals surface area (Å²) in [7, 11) is 3.60. The molecule has 2 heteroatoms. The Morgan fingerprint density at radius 1 is 1.33 bits per heavy atom. The first-order chi connectivity index (χ1) is 6.94. The Bertz CT molecular complexity index is 413. The van der Waals surface area contributed by atoms with Gasteiger partial charge in [-0.2, -0.15) is 4.65 Å². The predicted molar refractivity (Wildman–Crippen MR) is 61.6 cm³/mol. The lowest BCUT2D eigenvalue weighted by Gasteiger charge is -2.19. The lowest BCUT2D eigenvalue weighted by Crippen LogP contribution is -2.37. The van der Waals surface area contributed by atoms with E-state index < -0.39 is 0 Å². The predicted octanol–water partition coefficient (Wildman–Crippen LogP) is 2.40. The van der Waals surface area contributed by atoms with Crippen molar-refractivity contribution in [3.05, 3.63) is 40.5 Å². The normalized spacial score (nSPS) is 15.1. The summed E-state index contributed by atoms with van der Waals surface area (Å²) in [6.45, 7) is 2.82. The second-order valence-electron chi connectivity index (χ2n) is 4.96. The molecule has 0 heterocycles. The summed E-state index contributed by atoms with van der Waals surface area (Å²) in [6.07, 6.45) is 3.18. The van der Waals surface area contributed by atoms with Gasteiger partial charge in [0.1, 0.15) is 6.54 Å². The molecule has 0 aromatic heterocycles. The number of fused-ring (bicyclic) bond motifs is 1. The average Bonchev–Trinajstić information content (AvgIpc) is 2.42. The number of hydrogen-bond acceptors (Lipinski definition) is 1. The fourth-order valence-electron chi connectivity index (χ4n) is 2.14. The molecule has 2 rings (SSSR count). The Morgan fingerprint density at radius 3 is 2.73 bits per heavy atom. The first-order valence-electron chi connectivity index (χ1n) is 5.29. The van der Waals surface area contributed by atoms with Gasteiger partial charge in [0.25, 0.3) is 0 Å². The zero-order chi connectivity index (χ0) is 11.1. The molecule has 0 saturated heterocycles. The van der Waals surface area contributed by atoms with Gasteiger partial charge in [-0.3, -0.25) is 0 Å². The van der Waals surface area contributed by atoms with Gasteiger partial charge in [-0.15, -0.1) is 0 Å². The zero-order valence-electron chi connectivity index (χ0n) is 9.62. The van der Waals surface area contributed by atoms with E-state index in [0.29, 0.717) is 6.54 Å². The van der Waals surface area contributed by atoms with Gasteiger partial charge in [0.05, 0.1) is 14.1 Å². The third-order valence-corrected chi connectivity index (χ3v) is 2.67. The number of hydroxylamine groups is 3. The molecule has 0 amide bonds. The molecule has 1 aliphatic carbocycles. The van der Waals surface area contributed by atoms with Crippen LogP contribution >= 0.6 is 0 Å². The Kier molecular flexibility index (Phi) is 2.41. The molecule has 1 N–H and O–H groups in total. The highest BCUT2D eigenvalue weighted by atomic mass is 16.5. The second-order valence-corrected chi connectivity index (χ2v) is 4.96. The minimum absolute atomic E-state index is 0.0127. The van der Waals surface area contributed by atoms with Gasteiger partial charge in [0.15, 0.2) is 0 Å². The molecular weight excluding hydrogens is 186 g/mol. The van der Waals surface area contributed by atoms with Crippen molar-refractivity contribution in [3.63, 3.8) is 0 Å². The van der Waals surface area contributed by atoms with Crippen LogP contribution < -0.4 is 0 Å². The number of benzene rings is 1. The first-order valence-corrected chi connectivity index (χ1v) is 5.29. The monoisotopic (exact) mass is 204 g/mol. The van der Waals surface area contributed by atoms with E-state index in [1.807, 2.05) is 0 Å². The van der Waals surface area contributed by atoms with Crippen LogP contribution in [0.3, 0.4) is 0 Å². The fraction of sp³-hybridized carbons (Fsp3) is 0.385. The van der Waals surface area contributed by atoms with Crippen molar-refractivity contribution in [2.45, 2.75) is 13.3 Å². The Morgan fingerprint density at radius 2 is 2.07 bits per heavy atom. The molecule has 0 unspecified atom stereocenters. The largest absolute Gasteiger partial charge is 0.217 e. The SMILES string of the molecule is Cc1ccc2c(c1)CC(C[N+](C)(C)O)=C2. The van der Waals surface area contributed by atoms with Gasteiger partial charge in [0, 0.05) is 0 Å². The minimum Gasteiger partial charge on any atom is -0.217 e. The second kappa shape index (κ2) is 3.47. The highest BCUT2D eigenvalue weighted by molar-refractivity contribution is 5.64. The van der Waals surface area contributed by atoms with Crippen molar-refractivity contribution in [1.29, 1.82) is 0 Å². The van der Waals surface area contributed by atoms with Crippen molar-refractivity contribution in [3.8, 4) is 0 Å². The molecule has 0 radical (unpaired) electrons. The summed E-state index contributed by atoms with van der Waals surface area (Å²) >= 11 is 0. The van der Waals surface area contributed by atoms with Crippen molar-refractivity contribution in [1.82, 2.24) is 0 Å². The average molecular weight is 204 g/mol. The molecule has 15 heavy (non-hydrogen) atoms. The van der Waals surface area contributed by atoms with Gasteiger partial charge in [-0.05, 0) is 36.1 Å². The number of likely N-dealkylation sites (N-methyl/N-ethyl adjacent to an activating group) is 1. The molecule has 1 aromatic carbocycles. The highest BCUT2D eigenvalue weighted by Crippen LogP contribution is 2.26. The molecule has 2 nitrogen and oxygen atoms in total. The number of nitrogens with zero attached hydrogens (tertiary/aromatic N) is 1. The summed E-state index contributed by atoms with van der Waals surface area (Å²) in [6, 6.07) is 6.53. The topological polar surface area (TPSA) is 20.2 Å². The third kappa shape index (κ3) is 2.46. The van der Waals surface area contributed by atoms with Crippen LogP contribution in [-0.2, 0) is 6.42 Å². The summed E-state index contributed by atoms with van der Waals surface area (Å²) < 4.78 is 0.0127. The number of quaternary nitrogens is 1. The third-order valence-electron chi connectivity index (χ3n) is 2.67. The maximum absolute atomic E-state index is 9.71. The van der Waals surface area contributed by atoms with Crippen LogP contribution in [0.5, 0.6) is 0 Å². The van der Waals surface area contributed by atoms with Crippen molar-refractivity contribution < 1.29 is 9.85 Å². The lowest BCUT2D eigenvalue weighted by molar-refractivity contribution is -1.07. The maximum Gasteiger partial charge on any atom is 0.130 e. The molecule has 0 bridgehead atoms. The van der Waals surface area contributed by atoms with Crippen LogP contribution in [0.4, 0.5) is 0 Å². The summed E-state index contributed by atoms with van der Waals surface area (Å²) in [4.78, 5) is 0. The van der Waals surface area contributed by atoms with E-state index in [1.165, 1.54) is 22.3 Å². The molecule has 1 aliphatic rings. The van der Waals surface area contributed by atoms with Gasteiger partial charge in [0.2, 0.25) is 0 Å². The highest BCUT2D eigenvalue weighted by Gasteiger charge is 2.19. The van der Waals surface area contributed by atoms with Crippen LogP contribution in [0.15, 0.2) is 23.8 Å². The van der Waals surface area contributed by atoms with E-state index >= 15 is 0 Å². The first kappa shape index (κ1) is 10.4. The lowest BCUT2D eigenvalue weighted by atomic mass is 10.1. The van der Waals surface area contributed by atoms with Crippen molar-refractivity contribution >= 4 is 6.08 Å². The molecule has 0 spiro atoms. The van der Waals surface area contributed by atoms with E-state index in [-0.39, 0.29) is 4.65 Å². The zero-order valence-corrected chi connectivity index (χ0v) is 9.62. The minimum atomic E-state index is 0.0127. The molecule has 1 aromatic rings. The Hall–Kier alpha value is -1.12. The quantitative estimate of drug-likeness (QED) is 0.579. The van der Waals surface area contributed by atoms with Crippen molar-refractivity contribution in [2.75, 3.05) is 20.6 Å². The number of hydrogen-bond donors (Lipinski definition) is 1. The van der Waals surface area contributed by atoms with Gasteiger partial charge >= 0.3 is 0 Å². The van der Waals surface area contributed by atoms with Gasteiger partial charge in [-0.1, -0.05) is 23.8 Å². The molecule has 0 atom stereocenters. The van der Waals surface area contributed by atoms with E-state index in [1.54, 1.807) is 14.1 Å². The van der Waals surface area contributed by atoms with E-state index in [2.05, 4.69) is 31.2 Å². The number of aryl methyl sites for hydroxylation is 1. The van der Waals surface area contributed by atoms with Crippen LogP contribution in [0.1, 0.15) is 16.7 Å². The van der Waals surface area contributed by atoms with Crippen LogP contribution in [-0.4, -0.2) is 30.5 Å². The molecular formula is C13H18NO+. The van der Waals surface area contributed by atoms with Gasteiger partial charge < -0.3 is 0 Å². The van der Waals surface area contributed by atoms with Crippen molar-refractivity contribution in [2.24, 2.45) is 0 Å². The summed E-state index contributed by atoms with van der Waals surface area (Å²) in [5, 5.41) is 9.71. The van der Waals surface area contributed by atoms with Crippen LogP contribution in [0, 0.1) is 6.92 Å². The van der Waals surface area contributed by atoms with Crippen LogP contribution in [0.25, 0.3) is 6.08 Å². The Labute approximate surface area is 91.0 Å². The summed E-state index contributed by atoms with van der Waals surface area (Å²) in [5.74, 6) is 0. The number of rotatable bonds is 2. The molecule has 0 aliphatic heterocycles. The smallest absolute Gasteiger partial charge is 0.130 e. The molecule has 0 saturated carbocycles. The van der Waals surface area contributed by atoms with E-state index in [4.69, 9.17) is 0 Å². The molecule has 0 fully saturated rings. The van der Waals surface area contributed by atoms with Gasteiger partial charge in [-0.25, -0.2) is 5.21 Å². The van der Waals surface area contributed by atoms with E-state index in [0.717, 1.165) is 6.42 Å². The molecule has 80 valence electrons. The van der Waals surface area contributed by atoms with E-state index in [9.17, 15) is 5.21 Å².